The van der Waals surface area contributed by atoms with Gasteiger partial charge in [-0.15, -0.1) is 0 Å². The molecule has 0 spiro atoms. The van der Waals surface area contributed by atoms with E-state index in [1.807, 2.05) is 18.2 Å². The maximum atomic E-state index is 13.0. The molecule has 3 rings (SSSR count). The molecule has 5 nitrogen and oxygen atoms in total. The van der Waals surface area contributed by atoms with E-state index in [1.54, 1.807) is 36.4 Å². The van der Waals surface area contributed by atoms with Gasteiger partial charge in [0.05, 0.1) is 12.7 Å². The van der Waals surface area contributed by atoms with E-state index < -0.39 is 12.2 Å². The molecule has 0 saturated carbocycles. The highest BCUT2D eigenvalue weighted by atomic mass is 16.5. The smallest absolute Gasteiger partial charge is 0.191 e. The number of carbonyl (C=O) groups is 1. The van der Waals surface area contributed by atoms with E-state index >= 15 is 0 Å². The molecule has 2 aromatic carbocycles. The Hall–Kier alpha value is -2.21. The van der Waals surface area contributed by atoms with Crippen LogP contribution in [0.25, 0.3) is 0 Å². The fraction of sp³-hybridized carbons (Fsp3) is 0.435. The van der Waals surface area contributed by atoms with Gasteiger partial charge in [-0.25, -0.2) is 0 Å². The maximum absolute atomic E-state index is 13.0. The van der Waals surface area contributed by atoms with Crippen molar-refractivity contribution >= 4 is 5.78 Å². The number of phenolic OH excluding ortho intramolecular Hbond substituents is 1. The number of carbonyl (C=O) groups excluding carboxylic acids is 1. The number of β-amino-alcohol motifs (C(OH)–C–C–N with tert-alkyl or cyclic N) is 1. The first-order valence-electron chi connectivity index (χ1n) is 10.0. The molecule has 1 heterocycles. The minimum Gasteiger partial charge on any atom is -0.508 e. The van der Waals surface area contributed by atoms with Gasteiger partial charge in [-0.05, 0) is 43.6 Å². The van der Waals surface area contributed by atoms with E-state index in [-0.39, 0.29) is 18.1 Å². The highest BCUT2D eigenvalue weighted by molar-refractivity contribution is 5.99. The van der Waals surface area contributed by atoms with Crippen LogP contribution >= 0.6 is 0 Å². The van der Waals surface area contributed by atoms with Gasteiger partial charge in [-0.1, -0.05) is 48.9 Å². The van der Waals surface area contributed by atoms with Crippen molar-refractivity contribution in [2.75, 3.05) is 26.2 Å². The van der Waals surface area contributed by atoms with Crippen molar-refractivity contribution in [3.05, 3.63) is 65.7 Å². The summed E-state index contributed by atoms with van der Waals surface area (Å²) in [5.74, 6) is 0.0893. The van der Waals surface area contributed by atoms with Crippen molar-refractivity contribution < 1.29 is 19.7 Å². The average Bonchev–Trinajstić information content (AvgIpc) is 2.73. The lowest BCUT2D eigenvalue weighted by atomic mass is 9.99. The van der Waals surface area contributed by atoms with Gasteiger partial charge in [0, 0.05) is 18.5 Å². The summed E-state index contributed by atoms with van der Waals surface area (Å²) in [6, 6.07) is 15.9. The summed E-state index contributed by atoms with van der Waals surface area (Å²) in [6.45, 7) is 2.72. The molecule has 0 aromatic heterocycles. The number of likely N-dealkylation sites (tertiary alicyclic amines) is 1. The predicted octanol–water partition coefficient (Wildman–Crippen LogP) is 3.05. The van der Waals surface area contributed by atoms with Crippen molar-refractivity contribution in [2.24, 2.45) is 0 Å². The Labute approximate surface area is 166 Å². The minimum absolute atomic E-state index is 0.0983. The van der Waals surface area contributed by atoms with Crippen LogP contribution in [0.5, 0.6) is 5.75 Å². The summed E-state index contributed by atoms with van der Waals surface area (Å²) in [7, 11) is 0. The predicted molar refractivity (Wildman–Crippen MR) is 109 cm³/mol. The molecule has 2 aromatic rings. The number of ketones is 1. The number of aromatic hydroxyl groups is 1. The van der Waals surface area contributed by atoms with Crippen LogP contribution in [0.2, 0.25) is 0 Å². The van der Waals surface area contributed by atoms with Crippen molar-refractivity contribution in [1.82, 2.24) is 4.90 Å². The topological polar surface area (TPSA) is 70.0 Å². The zero-order valence-corrected chi connectivity index (χ0v) is 16.2. The second-order valence-corrected chi connectivity index (χ2v) is 7.44. The Morgan fingerprint density at radius 2 is 1.68 bits per heavy atom. The molecule has 1 aliphatic rings. The number of nitrogens with zero attached hydrogens (tertiary/aromatic N) is 1. The molecule has 1 fully saturated rings. The summed E-state index contributed by atoms with van der Waals surface area (Å²) in [5, 5.41) is 19.9. The first kappa shape index (κ1) is 20.5. The number of Topliss-reactive ketones (excluding diaryl/α,β-unsaturated/α-hetero) is 1. The van der Waals surface area contributed by atoms with Gasteiger partial charge in [-0.2, -0.15) is 0 Å². The molecule has 2 N–H and O–H groups in total. The molecule has 2 unspecified atom stereocenters. The number of hydrogen-bond acceptors (Lipinski definition) is 5. The molecule has 0 radical (unpaired) electrons. The van der Waals surface area contributed by atoms with Crippen LogP contribution in [-0.4, -0.2) is 59.3 Å². The zero-order valence-electron chi connectivity index (χ0n) is 16.2. The first-order valence-corrected chi connectivity index (χ1v) is 10.0. The van der Waals surface area contributed by atoms with Crippen molar-refractivity contribution in [3.8, 4) is 5.75 Å². The van der Waals surface area contributed by atoms with Crippen molar-refractivity contribution in [1.29, 1.82) is 0 Å². The number of rotatable bonds is 9. The van der Waals surface area contributed by atoms with Crippen LogP contribution in [0.1, 0.15) is 35.2 Å². The molecule has 150 valence electrons. The number of benzene rings is 2. The van der Waals surface area contributed by atoms with Crippen LogP contribution in [0.15, 0.2) is 54.6 Å². The third kappa shape index (κ3) is 6.16. The zero-order chi connectivity index (χ0) is 19.8. The molecule has 2 atom stereocenters. The quantitative estimate of drug-likeness (QED) is 0.652. The Morgan fingerprint density at radius 3 is 2.36 bits per heavy atom. The molecule has 1 saturated heterocycles. The second kappa shape index (κ2) is 10.4. The SMILES string of the molecule is O=C(c1ccccc1)C(Cc1ccc(O)cc1)OCC(O)CN1CCCCC1. The molecule has 28 heavy (non-hydrogen) atoms. The third-order valence-corrected chi connectivity index (χ3v) is 5.12. The van der Waals surface area contributed by atoms with Gasteiger partial charge in [0.15, 0.2) is 5.78 Å². The standard InChI is InChI=1S/C23H29NO4/c25-20-11-9-18(10-12-20)15-22(23(27)19-7-3-1-4-8-19)28-17-21(26)16-24-13-5-2-6-14-24/h1,3-4,7-12,21-22,25-26H,2,5-6,13-17H2. The normalized spacial score (nSPS) is 17.2. The van der Waals surface area contributed by atoms with Gasteiger partial charge in [0.1, 0.15) is 11.9 Å². The minimum atomic E-state index is -0.678. The summed E-state index contributed by atoms with van der Waals surface area (Å²) >= 11 is 0. The van der Waals surface area contributed by atoms with Gasteiger partial charge >= 0.3 is 0 Å². The first-order chi connectivity index (χ1) is 13.6. The molecule has 0 aliphatic carbocycles. The fourth-order valence-electron chi connectivity index (χ4n) is 3.58. The van der Waals surface area contributed by atoms with Gasteiger partial charge in [0.25, 0.3) is 0 Å². The number of phenols is 1. The fourth-order valence-corrected chi connectivity index (χ4v) is 3.58. The maximum Gasteiger partial charge on any atom is 0.191 e. The van der Waals surface area contributed by atoms with Gasteiger partial charge < -0.3 is 19.8 Å². The van der Waals surface area contributed by atoms with E-state index in [0.717, 1.165) is 18.7 Å². The van der Waals surface area contributed by atoms with Crippen molar-refractivity contribution in [2.45, 2.75) is 37.9 Å². The average molecular weight is 383 g/mol. The highest BCUT2D eigenvalue weighted by Gasteiger charge is 2.23. The van der Waals surface area contributed by atoms with E-state index in [9.17, 15) is 15.0 Å². The van der Waals surface area contributed by atoms with E-state index in [4.69, 9.17) is 4.74 Å². The number of hydrogen-bond donors (Lipinski definition) is 2. The van der Waals surface area contributed by atoms with Crippen molar-refractivity contribution in [3.63, 3.8) is 0 Å². The summed E-state index contributed by atoms with van der Waals surface area (Å²) in [6.07, 6.45) is 2.69. The lowest BCUT2D eigenvalue weighted by Crippen LogP contribution is -2.39. The molecule has 1 aliphatic heterocycles. The number of piperidine rings is 1. The number of aliphatic hydroxyl groups excluding tert-OH is 1. The summed E-state index contributed by atoms with van der Waals surface area (Å²) < 4.78 is 5.91. The third-order valence-electron chi connectivity index (χ3n) is 5.12. The summed E-state index contributed by atoms with van der Waals surface area (Å²) in [5.41, 5.74) is 1.49. The molecule has 0 bridgehead atoms. The van der Waals surface area contributed by atoms with Crippen LogP contribution < -0.4 is 0 Å². The van der Waals surface area contributed by atoms with E-state index in [1.165, 1.54) is 19.3 Å². The Morgan fingerprint density at radius 1 is 1.00 bits per heavy atom. The van der Waals surface area contributed by atoms with Crippen LogP contribution in [0.3, 0.4) is 0 Å². The Balaban J connectivity index is 1.63. The Bertz CT molecular complexity index is 726. The molecule has 0 amide bonds. The second-order valence-electron chi connectivity index (χ2n) is 7.44. The monoisotopic (exact) mass is 383 g/mol. The highest BCUT2D eigenvalue weighted by Crippen LogP contribution is 2.16. The number of aliphatic hydroxyl groups is 1. The molecular formula is C23H29NO4. The molecule has 5 heteroatoms. The van der Waals surface area contributed by atoms with Gasteiger partial charge in [-0.3, -0.25) is 4.79 Å². The van der Waals surface area contributed by atoms with Gasteiger partial charge in [0.2, 0.25) is 0 Å². The molecular weight excluding hydrogens is 354 g/mol. The lowest BCUT2D eigenvalue weighted by molar-refractivity contribution is -0.0151. The van der Waals surface area contributed by atoms with Crippen LogP contribution in [-0.2, 0) is 11.2 Å². The lowest BCUT2D eigenvalue weighted by Gasteiger charge is -2.29. The van der Waals surface area contributed by atoms with Crippen LogP contribution in [0, 0.1) is 0 Å². The van der Waals surface area contributed by atoms with E-state index in [2.05, 4.69) is 4.90 Å². The largest absolute Gasteiger partial charge is 0.508 e. The van der Waals surface area contributed by atoms with Crippen LogP contribution in [0.4, 0.5) is 0 Å². The Kier molecular flexibility index (Phi) is 7.60. The summed E-state index contributed by atoms with van der Waals surface area (Å²) in [4.78, 5) is 15.2. The van der Waals surface area contributed by atoms with E-state index in [0.29, 0.717) is 18.5 Å². The number of ether oxygens (including phenoxy) is 1.